The second-order valence-electron chi connectivity index (χ2n) is 6.18. The Morgan fingerprint density at radius 2 is 2.16 bits per heavy atom. The van der Waals surface area contributed by atoms with Gasteiger partial charge in [-0.1, -0.05) is 0 Å². The fraction of sp³-hybridized carbons (Fsp3) is 0.412. The van der Waals surface area contributed by atoms with Gasteiger partial charge in [-0.3, -0.25) is 9.59 Å². The average molecular weight is 343 g/mol. The summed E-state index contributed by atoms with van der Waals surface area (Å²) in [5, 5.41) is 14.8. The zero-order valence-electron chi connectivity index (χ0n) is 14.0. The summed E-state index contributed by atoms with van der Waals surface area (Å²) in [4.78, 5) is 32.2. The number of carbonyl (C=O) groups is 1. The molecule has 25 heavy (non-hydrogen) atoms. The molecule has 2 aromatic rings. The predicted octanol–water partition coefficient (Wildman–Crippen LogP) is 0.255. The summed E-state index contributed by atoms with van der Waals surface area (Å²) in [5.41, 5.74) is 1.10. The molecule has 0 aromatic carbocycles. The third-order valence-electron chi connectivity index (χ3n) is 4.36. The molecule has 0 radical (unpaired) electrons. The number of aliphatic hydroxyl groups excluding tert-OH is 1. The van der Waals surface area contributed by atoms with Gasteiger partial charge in [0.1, 0.15) is 12.1 Å². The molecule has 1 amide bonds. The highest BCUT2D eigenvalue weighted by molar-refractivity contribution is 5.94. The molecule has 1 saturated carbocycles. The monoisotopic (exact) mass is 343 g/mol. The number of aromatic nitrogens is 3. The van der Waals surface area contributed by atoms with Gasteiger partial charge in [-0.15, -0.1) is 0 Å². The minimum atomic E-state index is -0.228. The second-order valence-corrected chi connectivity index (χ2v) is 6.18. The maximum atomic E-state index is 12.2. The molecular weight excluding hydrogens is 322 g/mol. The number of nitrogens with zero attached hydrogens (tertiary/aromatic N) is 3. The van der Waals surface area contributed by atoms with Gasteiger partial charge in [-0.25, -0.2) is 9.97 Å². The molecule has 2 heterocycles. The summed E-state index contributed by atoms with van der Waals surface area (Å²) in [5.74, 6) is 0.729. The smallest absolute Gasteiger partial charge is 0.251 e. The van der Waals surface area contributed by atoms with Gasteiger partial charge in [0.2, 0.25) is 0 Å². The fourth-order valence-corrected chi connectivity index (χ4v) is 2.81. The van der Waals surface area contributed by atoms with Gasteiger partial charge in [-0.2, -0.15) is 0 Å². The summed E-state index contributed by atoms with van der Waals surface area (Å²) in [6.07, 6.45) is 4.68. The van der Waals surface area contributed by atoms with Crippen LogP contribution in [0.15, 0.2) is 35.5 Å². The van der Waals surface area contributed by atoms with E-state index in [0.717, 1.165) is 18.5 Å². The van der Waals surface area contributed by atoms with E-state index in [1.54, 1.807) is 19.3 Å². The Morgan fingerprint density at radius 1 is 1.36 bits per heavy atom. The molecule has 1 aliphatic rings. The van der Waals surface area contributed by atoms with E-state index in [2.05, 4.69) is 20.6 Å². The number of nitrogens with one attached hydrogen (secondary N) is 2. The molecule has 0 saturated heterocycles. The summed E-state index contributed by atoms with van der Waals surface area (Å²) >= 11 is 0. The topological polar surface area (TPSA) is 109 Å². The molecule has 3 rings (SSSR count). The molecule has 2 aromatic heterocycles. The fourth-order valence-electron chi connectivity index (χ4n) is 2.81. The van der Waals surface area contributed by atoms with Crippen LogP contribution in [0.3, 0.4) is 0 Å². The molecule has 1 fully saturated rings. The number of pyridine rings is 1. The minimum Gasteiger partial charge on any atom is -0.395 e. The Labute approximate surface area is 144 Å². The molecule has 0 atom stereocenters. The summed E-state index contributed by atoms with van der Waals surface area (Å²) < 4.78 is 1.42. The van der Waals surface area contributed by atoms with E-state index < -0.39 is 0 Å². The van der Waals surface area contributed by atoms with Crippen LogP contribution in [0.25, 0.3) is 0 Å². The summed E-state index contributed by atoms with van der Waals surface area (Å²) in [7, 11) is 1.64. The number of rotatable bonds is 6. The first-order chi connectivity index (χ1) is 12.1. The summed E-state index contributed by atoms with van der Waals surface area (Å²) in [6.45, 7) is 0.482. The molecule has 0 bridgehead atoms. The highest BCUT2D eigenvalue weighted by Crippen LogP contribution is 2.36. The van der Waals surface area contributed by atoms with Crippen molar-refractivity contribution in [3.05, 3.63) is 52.3 Å². The number of aliphatic hydroxyl groups is 1. The van der Waals surface area contributed by atoms with Crippen LogP contribution < -0.4 is 16.2 Å². The van der Waals surface area contributed by atoms with Crippen molar-refractivity contribution in [2.24, 2.45) is 7.05 Å². The Bertz CT molecular complexity index is 814. The standard InChI is InChI=1S/C17H21N5O3/c1-22-4-2-11(8-16(22)24)17(25)21-13-6-12(7-13)14-9-15(18-3-5-23)20-10-19-14/h2,4,8-10,12-13,23H,3,5-7H2,1H3,(H,21,25)(H,18,19,20). The van der Waals surface area contributed by atoms with E-state index in [-0.39, 0.29) is 30.0 Å². The van der Waals surface area contributed by atoms with Crippen molar-refractivity contribution in [1.82, 2.24) is 19.9 Å². The van der Waals surface area contributed by atoms with Crippen molar-refractivity contribution in [2.45, 2.75) is 24.8 Å². The molecule has 132 valence electrons. The van der Waals surface area contributed by atoms with Crippen LogP contribution in [0.1, 0.15) is 34.8 Å². The number of anilines is 1. The molecule has 3 N–H and O–H groups in total. The Balaban J connectivity index is 1.55. The third-order valence-corrected chi connectivity index (χ3v) is 4.36. The quantitative estimate of drug-likeness (QED) is 0.694. The van der Waals surface area contributed by atoms with Gasteiger partial charge in [0, 0.05) is 55.1 Å². The highest BCUT2D eigenvalue weighted by atomic mass is 16.3. The normalized spacial score (nSPS) is 19.1. The molecule has 8 heteroatoms. The van der Waals surface area contributed by atoms with E-state index in [9.17, 15) is 9.59 Å². The van der Waals surface area contributed by atoms with Gasteiger partial charge < -0.3 is 20.3 Å². The van der Waals surface area contributed by atoms with Crippen molar-refractivity contribution in [1.29, 1.82) is 0 Å². The Hall–Kier alpha value is -2.74. The van der Waals surface area contributed by atoms with E-state index in [1.165, 1.54) is 17.0 Å². The second kappa shape index (κ2) is 7.43. The lowest BCUT2D eigenvalue weighted by molar-refractivity contribution is 0.0908. The molecule has 0 aliphatic heterocycles. The summed E-state index contributed by atoms with van der Waals surface area (Å²) in [6, 6.07) is 4.93. The Morgan fingerprint density at radius 3 is 2.88 bits per heavy atom. The van der Waals surface area contributed by atoms with E-state index in [1.807, 2.05) is 6.07 Å². The lowest BCUT2D eigenvalue weighted by Crippen LogP contribution is -2.43. The number of carbonyl (C=O) groups excluding carboxylic acids is 1. The average Bonchev–Trinajstić information content (AvgIpc) is 2.58. The molecule has 0 spiro atoms. The lowest BCUT2D eigenvalue weighted by atomic mass is 9.78. The first kappa shape index (κ1) is 17.1. The van der Waals surface area contributed by atoms with Crippen molar-refractivity contribution in [3.8, 4) is 0 Å². The minimum absolute atomic E-state index is 0.0411. The van der Waals surface area contributed by atoms with Gasteiger partial charge in [0.05, 0.1) is 6.61 Å². The predicted molar refractivity (Wildman–Crippen MR) is 92.5 cm³/mol. The number of hydrogen-bond donors (Lipinski definition) is 3. The van der Waals surface area contributed by atoms with E-state index in [4.69, 9.17) is 5.11 Å². The van der Waals surface area contributed by atoms with Crippen molar-refractivity contribution in [3.63, 3.8) is 0 Å². The van der Waals surface area contributed by atoms with Crippen molar-refractivity contribution >= 4 is 11.7 Å². The molecule has 1 aliphatic carbocycles. The maximum Gasteiger partial charge on any atom is 0.251 e. The number of amides is 1. The highest BCUT2D eigenvalue weighted by Gasteiger charge is 2.32. The molecular formula is C17H21N5O3. The first-order valence-corrected chi connectivity index (χ1v) is 8.21. The maximum absolute atomic E-state index is 12.2. The Kier molecular flexibility index (Phi) is 5.08. The van der Waals surface area contributed by atoms with Gasteiger partial charge in [0.25, 0.3) is 11.5 Å². The van der Waals surface area contributed by atoms with Gasteiger partial charge in [-0.05, 0) is 18.9 Å². The molecule has 0 unspecified atom stereocenters. The zero-order chi connectivity index (χ0) is 17.8. The van der Waals surface area contributed by atoms with Crippen LogP contribution in [0.4, 0.5) is 5.82 Å². The lowest BCUT2D eigenvalue weighted by Gasteiger charge is -2.35. The van der Waals surface area contributed by atoms with E-state index in [0.29, 0.717) is 17.9 Å². The molecule has 8 nitrogen and oxygen atoms in total. The first-order valence-electron chi connectivity index (χ1n) is 8.21. The number of aryl methyl sites for hydroxylation is 1. The third kappa shape index (κ3) is 4.03. The SMILES string of the molecule is Cn1ccc(C(=O)NC2CC(c3cc(NCCO)ncn3)C2)cc1=O. The van der Waals surface area contributed by atoms with Crippen LogP contribution in [-0.2, 0) is 7.05 Å². The zero-order valence-corrected chi connectivity index (χ0v) is 14.0. The van der Waals surface area contributed by atoms with Gasteiger partial charge in [0.15, 0.2) is 0 Å². The largest absolute Gasteiger partial charge is 0.395 e. The van der Waals surface area contributed by atoms with Crippen LogP contribution in [0.2, 0.25) is 0 Å². The van der Waals surface area contributed by atoms with Crippen LogP contribution >= 0.6 is 0 Å². The van der Waals surface area contributed by atoms with Crippen LogP contribution in [-0.4, -0.2) is 44.7 Å². The number of hydrogen-bond acceptors (Lipinski definition) is 6. The van der Waals surface area contributed by atoms with E-state index >= 15 is 0 Å². The van der Waals surface area contributed by atoms with Crippen molar-refractivity contribution < 1.29 is 9.90 Å². The van der Waals surface area contributed by atoms with Crippen LogP contribution in [0, 0.1) is 0 Å². The van der Waals surface area contributed by atoms with Gasteiger partial charge >= 0.3 is 0 Å². The van der Waals surface area contributed by atoms with Crippen molar-refractivity contribution in [2.75, 3.05) is 18.5 Å². The van der Waals surface area contributed by atoms with Crippen LogP contribution in [0.5, 0.6) is 0 Å².